The molecule has 3 N–H and O–H groups in total. The molecule has 0 bridgehead atoms. The Labute approximate surface area is 77.3 Å². The Bertz CT molecular complexity index is 221. The lowest BCUT2D eigenvalue weighted by atomic mass is 10.1. The Hall–Kier alpha value is -0.870. The highest BCUT2D eigenvalue weighted by Gasteiger charge is 2.41. The van der Waals surface area contributed by atoms with E-state index in [0.29, 0.717) is 6.54 Å². The van der Waals surface area contributed by atoms with E-state index in [1.54, 1.807) is 0 Å². The molecule has 1 fully saturated rings. The first-order chi connectivity index (χ1) is 6.09. The second kappa shape index (κ2) is 3.89. The molecule has 0 aromatic carbocycles. The van der Waals surface area contributed by atoms with Crippen LogP contribution in [-0.2, 0) is 4.79 Å². The molecular weight excluding hydrogens is 170 g/mol. The van der Waals surface area contributed by atoms with E-state index in [1.807, 2.05) is 0 Å². The van der Waals surface area contributed by atoms with Gasteiger partial charge in [-0.2, -0.15) is 0 Å². The lowest BCUT2D eigenvalue weighted by Gasteiger charge is -2.12. The van der Waals surface area contributed by atoms with Gasteiger partial charge in [0.15, 0.2) is 0 Å². The van der Waals surface area contributed by atoms with E-state index in [2.05, 4.69) is 11.9 Å². The summed E-state index contributed by atoms with van der Waals surface area (Å²) in [5, 5.41) is 20.4. The first kappa shape index (κ1) is 10.2. The third-order valence-electron chi connectivity index (χ3n) is 2.43. The van der Waals surface area contributed by atoms with Crippen molar-refractivity contribution in [1.29, 1.82) is 0 Å². The minimum absolute atomic E-state index is 0.0266. The fourth-order valence-electron chi connectivity index (χ4n) is 1.12. The quantitative estimate of drug-likeness (QED) is 0.509. The maximum atomic E-state index is 10.4. The molecule has 1 aliphatic rings. The molecule has 4 heteroatoms. The highest BCUT2D eigenvalue weighted by atomic mass is 16.4. The molecule has 4 nitrogen and oxygen atoms in total. The number of aliphatic hydroxyl groups excluding tert-OH is 1. The standard InChI is InChI=1S/C9H15NO3/c1-7(8(12)13)4-10-5-9(6-11)2-3-9/h10-11H,1-6H2,(H,12,13). The highest BCUT2D eigenvalue weighted by molar-refractivity contribution is 5.86. The van der Waals surface area contributed by atoms with Gasteiger partial charge in [0.1, 0.15) is 0 Å². The zero-order valence-corrected chi connectivity index (χ0v) is 7.55. The third-order valence-corrected chi connectivity index (χ3v) is 2.43. The minimum Gasteiger partial charge on any atom is -0.478 e. The predicted molar refractivity (Wildman–Crippen MR) is 48.4 cm³/mol. The molecule has 1 rings (SSSR count). The van der Waals surface area contributed by atoms with Crippen molar-refractivity contribution in [2.75, 3.05) is 19.7 Å². The van der Waals surface area contributed by atoms with E-state index in [-0.39, 0.29) is 24.1 Å². The molecule has 0 spiro atoms. The number of hydrogen-bond acceptors (Lipinski definition) is 3. The number of hydrogen-bond donors (Lipinski definition) is 3. The van der Waals surface area contributed by atoms with Crippen LogP contribution >= 0.6 is 0 Å². The lowest BCUT2D eigenvalue weighted by molar-refractivity contribution is -0.132. The van der Waals surface area contributed by atoms with Crippen molar-refractivity contribution in [2.45, 2.75) is 12.8 Å². The molecule has 74 valence electrons. The molecule has 13 heavy (non-hydrogen) atoms. The monoisotopic (exact) mass is 185 g/mol. The van der Waals surface area contributed by atoms with Crippen LogP contribution in [0.5, 0.6) is 0 Å². The number of aliphatic hydroxyl groups is 1. The summed E-state index contributed by atoms with van der Waals surface area (Å²) in [6.07, 6.45) is 2.05. The molecule has 0 atom stereocenters. The summed E-state index contributed by atoms with van der Waals surface area (Å²) in [5.41, 5.74) is 0.187. The molecule has 0 unspecified atom stereocenters. The summed E-state index contributed by atoms with van der Waals surface area (Å²) < 4.78 is 0. The van der Waals surface area contributed by atoms with Gasteiger partial charge in [-0.05, 0) is 12.8 Å². The van der Waals surface area contributed by atoms with Crippen LogP contribution in [0.15, 0.2) is 12.2 Å². The summed E-state index contributed by atoms with van der Waals surface area (Å²) in [7, 11) is 0. The summed E-state index contributed by atoms with van der Waals surface area (Å²) in [6, 6.07) is 0. The zero-order valence-electron chi connectivity index (χ0n) is 7.55. The Kier molecular flexibility index (Phi) is 3.06. The average Bonchev–Trinajstić information content (AvgIpc) is 2.85. The average molecular weight is 185 g/mol. The topological polar surface area (TPSA) is 69.6 Å². The van der Waals surface area contributed by atoms with Crippen LogP contribution in [0, 0.1) is 5.41 Å². The van der Waals surface area contributed by atoms with E-state index >= 15 is 0 Å². The summed E-state index contributed by atoms with van der Waals surface area (Å²) >= 11 is 0. The van der Waals surface area contributed by atoms with Gasteiger partial charge >= 0.3 is 5.97 Å². The number of nitrogens with one attached hydrogen (secondary N) is 1. The normalized spacial score (nSPS) is 18.2. The van der Waals surface area contributed by atoms with Crippen LogP contribution in [0.2, 0.25) is 0 Å². The predicted octanol–water partition coefficient (Wildman–Crippen LogP) is -0.0107. The molecule has 0 aliphatic heterocycles. The zero-order chi connectivity index (χ0) is 9.90. The van der Waals surface area contributed by atoms with Crippen molar-refractivity contribution in [3.05, 3.63) is 12.2 Å². The van der Waals surface area contributed by atoms with Gasteiger partial charge in [-0.15, -0.1) is 0 Å². The molecule has 0 aromatic rings. The van der Waals surface area contributed by atoms with Crippen molar-refractivity contribution >= 4 is 5.97 Å². The van der Waals surface area contributed by atoms with Crippen molar-refractivity contribution in [3.63, 3.8) is 0 Å². The van der Waals surface area contributed by atoms with Crippen LogP contribution < -0.4 is 5.32 Å². The molecule has 0 heterocycles. The summed E-state index contributed by atoms with van der Waals surface area (Å²) in [6.45, 7) is 4.54. The maximum Gasteiger partial charge on any atom is 0.332 e. The molecular formula is C9H15NO3. The Morgan fingerprint density at radius 2 is 2.15 bits per heavy atom. The van der Waals surface area contributed by atoms with Crippen molar-refractivity contribution in [2.24, 2.45) is 5.41 Å². The van der Waals surface area contributed by atoms with E-state index in [9.17, 15) is 4.79 Å². The first-order valence-corrected chi connectivity index (χ1v) is 4.32. The second-order valence-corrected chi connectivity index (χ2v) is 3.67. The van der Waals surface area contributed by atoms with Crippen LogP contribution in [0.4, 0.5) is 0 Å². The number of aliphatic carboxylic acids is 1. The van der Waals surface area contributed by atoms with Crippen LogP contribution in [0.25, 0.3) is 0 Å². The largest absolute Gasteiger partial charge is 0.478 e. The minimum atomic E-state index is -0.971. The number of carbonyl (C=O) groups is 1. The molecule has 0 saturated heterocycles. The molecule has 0 radical (unpaired) electrons. The molecule has 1 aliphatic carbocycles. The van der Waals surface area contributed by atoms with Crippen LogP contribution in [-0.4, -0.2) is 35.9 Å². The van der Waals surface area contributed by atoms with E-state index in [1.165, 1.54) is 0 Å². The smallest absolute Gasteiger partial charge is 0.332 e. The third kappa shape index (κ3) is 2.82. The van der Waals surface area contributed by atoms with Gasteiger partial charge in [0.2, 0.25) is 0 Å². The SMILES string of the molecule is C=C(CNCC1(CO)CC1)C(=O)O. The molecule has 0 aromatic heterocycles. The van der Waals surface area contributed by atoms with Gasteiger partial charge in [-0.3, -0.25) is 0 Å². The lowest BCUT2D eigenvalue weighted by Crippen LogP contribution is -2.29. The summed E-state index contributed by atoms with van der Waals surface area (Å²) in [5.74, 6) is -0.971. The Morgan fingerprint density at radius 1 is 1.54 bits per heavy atom. The van der Waals surface area contributed by atoms with Gasteiger partial charge in [0.05, 0.1) is 0 Å². The summed E-state index contributed by atoms with van der Waals surface area (Å²) in [4.78, 5) is 10.4. The first-order valence-electron chi connectivity index (χ1n) is 4.32. The second-order valence-electron chi connectivity index (χ2n) is 3.67. The highest BCUT2D eigenvalue weighted by Crippen LogP contribution is 2.44. The van der Waals surface area contributed by atoms with Gasteiger partial charge in [0, 0.05) is 30.7 Å². The van der Waals surface area contributed by atoms with Gasteiger partial charge < -0.3 is 15.5 Å². The number of carboxylic acids is 1. The van der Waals surface area contributed by atoms with Gasteiger partial charge in [-0.25, -0.2) is 4.79 Å². The van der Waals surface area contributed by atoms with E-state index in [0.717, 1.165) is 12.8 Å². The number of rotatable bonds is 6. The van der Waals surface area contributed by atoms with Gasteiger partial charge in [-0.1, -0.05) is 6.58 Å². The van der Waals surface area contributed by atoms with Crippen molar-refractivity contribution in [3.8, 4) is 0 Å². The van der Waals surface area contributed by atoms with Crippen LogP contribution in [0.3, 0.4) is 0 Å². The van der Waals surface area contributed by atoms with Gasteiger partial charge in [0.25, 0.3) is 0 Å². The Morgan fingerprint density at radius 3 is 2.54 bits per heavy atom. The number of carboxylic acid groups (broad SMARTS) is 1. The fraction of sp³-hybridized carbons (Fsp3) is 0.667. The van der Waals surface area contributed by atoms with Crippen LogP contribution in [0.1, 0.15) is 12.8 Å². The maximum absolute atomic E-state index is 10.4. The van der Waals surface area contributed by atoms with Crippen molar-refractivity contribution < 1.29 is 15.0 Å². The van der Waals surface area contributed by atoms with E-state index in [4.69, 9.17) is 10.2 Å². The van der Waals surface area contributed by atoms with Crippen molar-refractivity contribution in [1.82, 2.24) is 5.32 Å². The molecule has 1 saturated carbocycles. The Balaban J connectivity index is 2.14. The van der Waals surface area contributed by atoms with E-state index < -0.39 is 5.97 Å². The fourth-order valence-corrected chi connectivity index (χ4v) is 1.12. The molecule has 0 amide bonds.